The van der Waals surface area contributed by atoms with E-state index in [9.17, 15) is 0 Å². The van der Waals surface area contributed by atoms with E-state index in [0.29, 0.717) is 5.69 Å². The van der Waals surface area contributed by atoms with Crippen LogP contribution in [0.25, 0.3) is 44.5 Å². The van der Waals surface area contributed by atoms with Crippen molar-refractivity contribution in [2.75, 3.05) is 0 Å². The normalized spacial score (nSPS) is 11.5. The van der Waals surface area contributed by atoms with Gasteiger partial charge in [0.15, 0.2) is 0 Å². The minimum Gasteiger partial charge on any atom is -0.353 e. The smallest absolute Gasteiger partial charge is 0.143 e. The number of fused-ring (bicyclic) bond motifs is 3. The molecule has 2 aromatic carbocycles. The molecular formula is C21H16ClN5. The number of nitrogens with zero attached hydrogens (tertiary/aromatic N) is 4. The Balaban J connectivity index is 1.82. The van der Waals surface area contributed by atoms with Gasteiger partial charge in [-0.15, -0.1) is 5.10 Å². The molecular weight excluding hydrogens is 358 g/mol. The lowest BCUT2D eigenvalue weighted by Gasteiger charge is -2.08. The summed E-state index contributed by atoms with van der Waals surface area (Å²) in [5, 5.41) is 10.7. The van der Waals surface area contributed by atoms with Crippen molar-refractivity contribution >= 4 is 33.6 Å². The number of rotatable bonds is 2. The SMILES string of the molecule is Cc1ccc(-c2c(-c3nccc4c3[nH]c3ccccc34)nnn2Cl)c(C)c1. The van der Waals surface area contributed by atoms with Crippen LogP contribution >= 0.6 is 11.8 Å². The summed E-state index contributed by atoms with van der Waals surface area (Å²) in [5.41, 5.74) is 7.44. The second-order valence-electron chi connectivity index (χ2n) is 6.72. The molecule has 5 nitrogen and oxygen atoms in total. The van der Waals surface area contributed by atoms with Crippen LogP contribution in [-0.4, -0.2) is 24.5 Å². The summed E-state index contributed by atoms with van der Waals surface area (Å²) < 4.78 is 1.30. The molecule has 0 aliphatic carbocycles. The molecule has 0 bridgehead atoms. The van der Waals surface area contributed by atoms with Gasteiger partial charge in [-0.05, 0) is 36.8 Å². The molecule has 0 atom stereocenters. The number of hydrogen-bond acceptors (Lipinski definition) is 3. The lowest BCUT2D eigenvalue weighted by Crippen LogP contribution is -1.94. The molecule has 0 spiro atoms. The number of pyridine rings is 1. The van der Waals surface area contributed by atoms with Gasteiger partial charge in [-0.25, -0.2) is 0 Å². The predicted octanol–water partition coefficient (Wildman–Crippen LogP) is 5.26. The monoisotopic (exact) mass is 373 g/mol. The Labute approximate surface area is 160 Å². The topological polar surface area (TPSA) is 59.4 Å². The van der Waals surface area contributed by atoms with Crippen LogP contribution < -0.4 is 0 Å². The first-order chi connectivity index (χ1) is 13.1. The van der Waals surface area contributed by atoms with Gasteiger partial charge >= 0.3 is 0 Å². The van der Waals surface area contributed by atoms with E-state index in [1.165, 1.54) is 9.76 Å². The fraction of sp³-hybridized carbons (Fsp3) is 0.0952. The lowest BCUT2D eigenvalue weighted by atomic mass is 10.0. The van der Waals surface area contributed by atoms with E-state index in [4.69, 9.17) is 11.8 Å². The molecule has 0 aliphatic rings. The fourth-order valence-corrected chi connectivity index (χ4v) is 3.89. The summed E-state index contributed by atoms with van der Waals surface area (Å²) in [6.45, 7) is 4.13. The Morgan fingerprint density at radius 1 is 0.963 bits per heavy atom. The number of H-pyrrole nitrogens is 1. The Bertz CT molecular complexity index is 1320. The fourth-order valence-electron chi connectivity index (χ4n) is 3.68. The summed E-state index contributed by atoms with van der Waals surface area (Å²) in [4.78, 5) is 8.09. The Morgan fingerprint density at radius 3 is 2.67 bits per heavy atom. The maximum atomic E-state index is 6.38. The van der Waals surface area contributed by atoms with Crippen molar-refractivity contribution in [3.63, 3.8) is 0 Å². The zero-order valence-corrected chi connectivity index (χ0v) is 15.6. The largest absolute Gasteiger partial charge is 0.353 e. The Hall–Kier alpha value is -3.18. The van der Waals surface area contributed by atoms with Crippen molar-refractivity contribution in [2.24, 2.45) is 0 Å². The Morgan fingerprint density at radius 2 is 1.81 bits per heavy atom. The van der Waals surface area contributed by atoms with Gasteiger partial charge in [-0.1, -0.05) is 42.0 Å². The van der Waals surface area contributed by atoms with Crippen LogP contribution in [-0.2, 0) is 0 Å². The number of aromatic amines is 1. The highest BCUT2D eigenvalue weighted by molar-refractivity contribution is 6.17. The van der Waals surface area contributed by atoms with E-state index in [1.807, 2.05) is 18.2 Å². The third kappa shape index (κ3) is 2.43. The number of para-hydroxylation sites is 1. The van der Waals surface area contributed by atoms with Crippen LogP contribution in [0.1, 0.15) is 11.1 Å². The van der Waals surface area contributed by atoms with E-state index in [-0.39, 0.29) is 0 Å². The quantitative estimate of drug-likeness (QED) is 0.459. The second-order valence-corrected chi connectivity index (χ2v) is 7.04. The van der Waals surface area contributed by atoms with E-state index in [0.717, 1.165) is 44.3 Å². The van der Waals surface area contributed by atoms with Gasteiger partial charge in [0.2, 0.25) is 0 Å². The molecule has 5 rings (SSSR count). The number of aryl methyl sites for hydroxylation is 2. The highest BCUT2D eigenvalue weighted by Gasteiger charge is 2.21. The van der Waals surface area contributed by atoms with Crippen LogP contribution in [0, 0.1) is 13.8 Å². The highest BCUT2D eigenvalue weighted by Crippen LogP contribution is 2.36. The van der Waals surface area contributed by atoms with Gasteiger partial charge in [0.1, 0.15) is 17.1 Å². The summed E-state index contributed by atoms with van der Waals surface area (Å²) in [6, 6.07) is 16.5. The zero-order chi connectivity index (χ0) is 18.5. The number of hydrogen-bond donors (Lipinski definition) is 1. The van der Waals surface area contributed by atoms with E-state index in [2.05, 4.69) is 64.5 Å². The van der Waals surface area contributed by atoms with Crippen LogP contribution in [0.4, 0.5) is 0 Å². The summed E-state index contributed by atoms with van der Waals surface area (Å²) in [5.74, 6) is 0. The standard InChI is InChI=1S/C21H16ClN5/c1-12-7-8-14(13(2)11-12)21-20(25-26-27(21)22)19-18-16(9-10-23-19)15-5-3-4-6-17(15)24-18/h3-11,24H,1-2H3. The van der Waals surface area contributed by atoms with Crippen molar-refractivity contribution in [1.29, 1.82) is 0 Å². The van der Waals surface area contributed by atoms with E-state index >= 15 is 0 Å². The van der Waals surface area contributed by atoms with Crippen molar-refractivity contribution < 1.29 is 0 Å². The molecule has 0 amide bonds. The predicted molar refractivity (Wildman–Crippen MR) is 109 cm³/mol. The molecule has 0 fully saturated rings. The minimum atomic E-state index is 0.661. The van der Waals surface area contributed by atoms with Gasteiger partial charge < -0.3 is 4.98 Å². The molecule has 6 heteroatoms. The van der Waals surface area contributed by atoms with Gasteiger partial charge in [-0.2, -0.15) is 4.20 Å². The molecule has 5 aromatic rings. The molecule has 0 saturated heterocycles. The highest BCUT2D eigenvalue weighted by atomic mass is 35.5. The number of nitrogens with one attached hydrogen (secondary N) is 1. The van der Waals surface area contributed by atoms with Crippen LogP contribution in [0.15, 0.2) is 54.7 Å². The maximum Gasteiger partial charge on any atom is 0.143 e. The Kier molecular flexibility index (Phi) is 3.52. The van der Waals surface area contributed by atoms with Crippen molar-refractivity contribution in [3.05, 3.63) is 65.9 Å². The third-order valence-corrected chi connectivity index (χ3v) is 5.16. The molecule has 0 aliphatic heterocycles. The van der Waals surface area contributed by atoms with Crippen molar-refractivity contribution in [1.82, 2.24) is 24.5 Å². The van der Waals surface area contributed by atoms with E-state index < -0.39 is 0 Å². The molecule has 1 N–H and O–H groups in total. The molecule has 27 heavy (non-hydrogen) atoms. The summed E-state index contributed by atoms with van der Waals surface area (Å²) in [6.07, 6.45) is 1.80. The zero-order valence-electron chi connectivity index (χ0n) is 14.9. The first-order valence-electron chi connectivity index (χ1n) is 8.69. The molecule has 3 aromatic heterocycles. The first-order valence-corrected chi connectivity index (χ1v) is 9.02. The van der Waals surface area contributed by atoms with Crippen molar-refractivity contribution in [3.8, 4) is 22.6 Å². The lowest BCUT2D eigenvalue weighted by molar-refractivity contribution is 0.883. The van der Waals surface area contributed by atoms with Crippen LogP contribution in [0.2, 0.25) is 0 Å². The summed E-state index contributed by atoms with van der Waals surface area (Å²) in [7, 11) is 0. The van der Waals surface area contributed by atoms with Gasteiger partial charge in [0.25, 0.3) is 0 Å². The molecule has 3 heterocycles. The van der Waals surface area contributed by atoms with Crippen LogP contribution in [0.3, 0.4) is 0 Å². The van der Waals surface area contributed by atoms with Crippen LogP contribution in [0.5, 0.6) is 0 Å². The average Bonchev–Trinajstić information content (AvgIpc) is 3.22. The third-order valence-electron chi connectivity index (χ3n) is 4.92. The number of halogens is 1. The van der Waals surface area contributed by atoms with Gasteiger partial charge in [-0.3, -0.25) is 4.98 Å². The summed E-state index contributed by atoms with van der Waals surface area (Å²) >= 11 is 6.38. The van der Waals surface area contributed by atoms with Crippen molar-refractivity contribution in [2.45, 2.75) is 13.8 Å². The molecule has 132 valence electrons. The molecule has 0 radical (unpaired) electrons. The van der Waals surface area contributed by atoms with Gasteiger partial charge in [0.05, 0.1) is 5.52 Å². The maximum absolute atomic E-state index is 6.38. The second kappa shape index (κ2) is 5.93. The van der Waals surface area contributed by atoms with E-state index in [1.54, 1.807) is 6.20 Å². The first kappa shape index (κ1) is 16.0. The molecule has 0 unspecified atom stereocenters. The minimum absolute atomic E-state index is 0.661. The number of benzene rings is 2. The van der Waals surface area contributed by atoms with Gasteiger partial charge in [0, 0.05) is 39.8 Å². The average molecular weight is 374 g/mol. The molecule has 0 saturated carbocycles. The number of aromatic nitrogens is 5.